The number of benzene rings is 1. The second kappa shape index (κ2) is 4.29. The second-order valence-electron chi connectivity index (χ2n) is 3.64. The van der Waals surface area contributed by atoms with Crippen LogP contribution in [0.25, 0.3) is 0 Å². The lowest BCUT2D eigenvalue weighted by Crippen LogP contribution is -2.01. The van der Waals surface area contributed by atoms with E-state index >= 15 is 0 Å². The highest BCUT2D eigenvalue weighted by atomic mass is 19.1. The van der Waals surface area contributed by atoms with Gasteiger partial charge in [-0.3, -0.25) is 0 Å². The molecule has 1 heterocycles. The molecule has 0 bridgehead atoms. The van der Waals surface area contributed by atoms with Crippen LogP contribution in [0.4, 0.5) is 21.6 Å². The fourth-order valence-electron chi connectivity index (χ4n) is 1.43. The number of aromatic hydroxyl groups is 1. The molecule has 88 valence electrons. The fraction of sp³-hybridized carbons (Fsp3) is 0.0833. The van der Waals surface area contributed by atoms with Crippen LogP contribution in [-0.2, 0) is 0 Å². The van der Waals surface area contributed by atoms with Crippen LogP contribution >= 0.6 is 0 Å². The Morgan fingerprint density at radius 1 is 1.29 bits per heavy atom. The topological polar surface area (TPSA) is 71.2 Å². The van der Waals surface area contributed by atoms with Gasteiger partial charge in [0.2, 0.25) is 5.88 Å². The number of nitrogen functional groups attached to an aromatic ring is 1. The lowest BCUT2D eigenvalue weighted by Gasteiger charge is -2.11. The van der Waals surface area contributed by atoms with Gasteiger partial charge in [-0.15, -0.1) is 0 Å². The predicted octanol–water partition coefficient (Wildman–Crippen LogP) is 2.56. The molecule has 4 nitrogen and oxygen atoms in total. The first kappa shape index (κ1) is 11.2. The summed E-state index contributed by atoms with van der Waals surface area (Å²) >= 11 is 0. The molecule has 0 saturated heterocycles. The monoisotopic (exact) mass is 233 g/mol. The number of pyridine rings is 1. The minimum absolute atomic E-state index is 0.143. The number of rotatable bonds is 2. The predicted molar refractivity (Wildman–Crippen MR) is 64.7 cm³/mol. The van der Waals surface area contributed by atoms with Crippen molar-refractivity contribution in [1.82, 2.24) is 4.98 Å². The summed E-state index contributed by atoms with van der Waals surface area (Å²) < 4.78 is 13.3. The molecule has 1 aromatic heterocycles. The highest BCUT2D eigenvalue weighted by molar-refractivity contribution is 5.70. The molecule has 0 radical (unpaired) electrons. The van der Waals surface area contributed by atoms with Gasteiger partial charge in [0.05, 0.1) is 5.69 Å². The fourth-order valence-corrected chi connectivity index (χ4v) is 1.43. The van der Waals surface area contributed by atoms with Crippen LogP contribution in [0.15, 0.2) is 30.3 Å². The summed E-state index contributed by atoms with van der Waals surface area (Å²) in [5.74, 6) is -0.150. The van der Waals surface area contributed by atoms with Gasteiger partial charge in [0.1, 0.15) is 5.82 Å². The Bertz CT molecular complexity index is 557. The molecule has 0 amide bonds. The Hall–Kier alpha value is -2.30. The summed E-state index contributed by atoms with van der Waals surface area (Å²) in [6.07, 6.45) is 0. The first-order valence-corrected chi connectivity index (χ1v) is 5.05. The Labute approximate surface area is 97.9 Å². The van der Waals surface area contributed by atoms with Gasteiger partial charge in [-0.05, 0) is 25.1 Å². The standard InChI is InChI=1S/C12H12FN3O/c1-7-8(13)3-2-4-10(7)15-12-9(14)5-6-11(17)16-12/h2-6H,14H2,1H3,(H2,15,16,17). The van der Waals surface area contributed by atoms with Crippen molar-refractivity contribution in [3.63, 3.8) is 0 Å². The van der Waals surface area contributed by atoms with Crippen LogP contribution in [0.5, 0.6) is 5.88 Å². The Morgan fingerprint density at radius 3 is 2.82 bits per heavy atom. The first-order chi connectivity index (χ1) is 8.08. The van der Waals surface area contributed by atoms with Gasteiger partial charge in [0.15, 0.2) is 5.82 Å². The van der Waals surface area contributed by atoms with Gasteiger partial charge in [-0.1, -0.05) is 6.07 Å². The highest BCUT2D eigenvalue weighted by Gasteiger charge is 2.07. The van der Waals surface area contributed by atoms with E-state index < -0.39 is 0 Å². The van der Waals surface area contributed by atoms with Gasteiger partial charge in [-0.25, -0.2) is 4.39 Å². The van der Waals surface area contributed by atoms with Crippen LogP contribution in [0.3, 0.4) is 0 Å². The van der Waals surface area contributed by atoms with E-state index in [-0.39, 0.29) is 11.7 Å². The average molecular weight is 233 g/mol. The molecule has 0 saturated carbocycles. The van der Waals surface area contributed by atoms with E-state index in [9.17, 15) is 9.50 Å². The smallest absolute Gasteiger partial charge is 0.212 e. The molecular formula is C12H12FN3O. The van der Waals surface area contributed by atoms with Gasteiger partial charge >= 0.3 is 0 Å². The molecule has 5 heteroatoms. The van der Waals surface area contributed by atoms with Crippen LogP contribution in [0.2, 0.25) is 0 Å². The highest BCUT2D eigenvalue weighted by Crippen LogP contribution is 2.26. The van der Waals surface area contributed by atoms with Crippen molar-refractivity contribution in [1.29, 1.82) is 0 Å². The summed E-state index contributed by atoms with van der Waals surface area (Å²) in [6, 6.07) is 7.59. The van der Waals surface area contributed by atoms with Crippen LogP contribution in [0.1, 0.15) is 5.56 Å². The van der Waals surface area contributed by atoms with Gasteiger partial charge < -0.3 is 16.2 Å². The van der Waals surface area contributed by atoms with Gasteiger partial charge in [-0.2, -0.15) is 4.98 Å². The zero-order chi connectivity index (χ0) is 12.4. The van der Waals surface area contributed by atoms with E-state index in [1.165, 1.54) is 18.2 Å². The minimum Gasteiger partial charge on any atom is -0.493 e. The number of nitrogens with two attached hydrogens (primary N) is 1. The molecule has 0 fully saturated rings. The van der Waals surface area contributed by atoms with E-state index in [0.29, 0.717) is 22.8 Å². The van der Waals surface area contributed by atoms with Crippen LogP contribution < -0.4 is 11.1 Å². The normalized spacial score (nSPS) is 10.2. The van der Waals surface area contributed by atoms with E-state index in [2.05, 4.69) is 10.3 Å². The maximum absolute atomic E-state index is 13.3. The summed E-state index contributed by atoms with van der Waals surface area (Å²) in [5.41, 5.74) is 7.11. The quantitative estimate of drug-likeness (QED) is 0.745. The number of hydrogen-bond donors (Lipinski definition) is 3. The molecule has 0 aliphatic carbocycles. The van der Waals surface area contributed by atoms with Crippen molar-refractivity contribution >= 4 is 17.2 Å². The summed E-state index contributed by atoms with van der Waals surface area (Å²) in [5, 5.41) is 12.1. The Balaban J connectivity index is 2.38. The lowest BCUT2D eigenvalue weighted by molar-refractivity contribution is 0.454. The third kappa shape index (κ3) is 2.28. The lowest BCUT2D eigenvalue weighted by atomic mass is 10.2. The Morgan fingerprint density at radius 2 is 2.06 bits per heavy atom. The van der Waals surface area contributed by atoms with Crippen molar-refractivity contribution in [2.75, 3.05) is 11.1 Å². The average Bonchev–Trinajstić information content (AvgIpc) is 2.30. The number of hydrogen-bond acceptors (Lipinski definition) is 4. The van der Waals surface area contributed by atoms with E-state index in [0.717, 1.165) is 0 Å². The van der Waals surface area contributed by atoms with Crippen LogP contribution in [0, 0.1) is 12.7 Å². The van der Waals surface area contributed by atoms with Crippen molar-refractivity contribution in [2.24, 2.45) is 0 Å². The summed E-state index contributed by atoms with van der Waals surface area (Å²) in [4.78, 5) is 3.84. The number of halogens is 1. The molecule has 2 aromatic rings. The molecule has 4 N–H and O–H groups in total. The van der Waals surface area contributed by atoms with Crippen LogP contribution in [-0.4, -0.2) is 10.1 Å². The number of nitrogens with zero attached hydrogens (tertiary/aromatic N) is 1. The van der Waals surface area contributed by atoms with E-state index in [4.69, 9.17) is 5.73 Å². The van der Waals surface area contributed by atoms with Gasteiger partial charge in [0, 0.05) is 17.3 Å². The van der Waals surface area contributed by atoms with Gasteiger partial charge in [0.25, 0.3) is 0 Å². The SMILES string of the molecule is Cc1c(F)cccc1Nc1nc(O)ccc1N. The molecule has 1 aromatic carbocycles. The number of nitrogens with one attached hydrogen (secondary N) is 1. The maximum Gasteiger partial charge on any atom is 0.212 e. The number of aromatic nitrogens is 1. The molecule has 0 aliphatic rings. The van der Waals surface area contributed by atoms with E-state index in [1.807, 2.05) is 0 Å². The zero-order valence-electron chi connectivity index (χ0n) is 9.24. The summed E-state index contributed by atoms with van der Waals surface area (Å²) in [7, 11) is 0. The molecule has 0 spiro atoms. The largest absolute Gasteiger partial charge is 0.493 e. The van der Waals surface area contributed by atoms with Crippen molar-refractivity contribution in [3.05, 3.63) is 41.7 Å². The molecule has 2 rings (SSSR count). The molecule has 0 aliphatic heterocycles. The molecule has 17 heavy (non-hydrogen) atoms. The van der Waals surface area contributed by atoms with Crippen molar-refractivity contribution < 1.29 is 9.50 Å². The summed E-state index contributed by atoms with van der Waals surface area (Å²) in [6.45, 7) is 1.65. The first-order valence-electron chi connectivity index (χ1n) is 5.05. The Kier molecular flexibility index (Phi) is 2.82. The molecule has 0 unspecified atom stereocenters. The maximum atomic E-state index is 13.3. The minimum atomic E-state index is -0.311. The van der Waals surface area contributed by atoms with E-state index in [1.54, 1.807) is 19.1 Å². The molecular weight excluding hydrogens is 221 g/mol. The third-order valence-electron chi connectivity index (χ3n) is 2.43. The third-order valence-corrected chi connectivity index (χ3v) is 2.43. The van der Waals surface area contributed by atoms with Crippen molar-refractivity contribution in [3.8, 4) is 5.88 Å². The zero-order valence-corrected chi connectivity index (χ0v) is 9.24. The number of anilines is 3. The van der Waals surface area contributed by atoms with Crippen molar-refractivity contribution in [2.45, 2.75) is 6.92 Å². The second-order valence-corrected chi connectivity index (χ2v) is 3.64. The molecule has 0 atom stereocenters.